The molecule has 1 saturated heterocycles. The van der Waals surface area contributed by atoms with E-state index in [0.29, 0.717) is 24.3 Å². The van der Waals surface area contributed by atoms with E-state index in [1.54, 1.807) is 11.8 Å². The van der Waals surface area contributed by atoms with Crippen LogP contribution in [0.15, 0.2) is 0 Å². The van der Waals surface area contributed by atoms with Crippen LogP contribution >= 0.6 is 11.8 Å². The SMILES string of the molecule is CC1(CSCC(O)CC2CCCO2)CCCC(F)(F)C1. The number of aliphatic hydroxyl groups is 1. The van der Waals surface area contributed by atoms with Gasteiger partial charge < -0.3 is 9.84 Å². The second-order valence-electron chi connectivity index (χ2n) is 6.74. The van der Waals surface area contributed by atoms with Gasteiger partial charge in [-0.25, -0.2) is 8.78 Å². The molecule has 0 spiro atoms. The van der Waals surface area contributed by atoms with Crippen molar-refractivity contribution in [3.8, 4) is 0 Å². The average Bonchev–Trinajstić information content (AvgIpc) is 2.79. The van der Waals surface area contributed by atoms with Gasteiger partial charge in [0.05, 0.1) is 12.2 Å². The molecule has 0 aromatic rings. The van der Waals surface area contributed by atoms with Crippen LogP contribution in [0.3, 0.4) is 0 Å². The fourth-order valence-electron chi connectivity index (χ4n) is 3.34. The van der Waals surface area contributed by atoms with Crippen LogP contribution in [-0.4, -0.2) is 41.3 Å². The van der Waals surface area contributed by atoms with Crippen molar-refractivity contribution < 1.29 is 18.6 Å². The minimum atomic E-state index is -2.50. The molecule has 3 unspecified atom stereocenters. The van der Waals surface area contributed by atoms with Gasteiger partial charge in [-0.1, -0.05) is 6.92 Å². The lowest BCUT2D eigenvalue weighted by atomic mass is 9.75. The molecule has 1 N–H and O–H groups in total. The zero-order chi connectivity index (χ0) is 14.6. The van der Waals surface area contributed by atoms with Crippen LogP contribution in [0.4, 0.5) is 8.78 Å². The first kappa shape index (κ1) is 16.5. The quantitative estimate of drug-likeness (QED) is 0.808. The molecule has 1 heterocycles. The molecule has 1 aliphatic heterocycles. The van der Waals surface area contributed by atoms with E-state index in [9.17, 15) is 13.9 Å². The molecule has 3 atom stereocenters. The molecule has 2 fully saturated rings. The summed E-state index contributed by atoms with van der Waals surface area (Å²) in [6, 6.07) is 0. The molecule has 5 heteroatoms. The lowest BCUT2D eigenvalue weighted by molar-refractivity contribution is -0.0715. The Morgan fingerprint density at radius 1 is 1.35 bits per heavy atom. The summed E-state index contributed by atoms with van der Waals surface area (Å²) in [5.41, 5.74) is -0.282. The Balaban J connectivity index is 1.66. The lowest BCUT2D eigenvalue weighted by Gasteiger charge is -2.38. The highest BCUT2D eigenvalue weighted by molar-refractivity contribution is 7.99. The number of alkyl halides is 2. The summed E-state index contributed by atoms with van der Waals surface area (Å²) in [6.07, 6.45) is 4.13. The van der Waals surface area contributed by atoms with Gasteiger partial charge in [-0.05, 0) is 36.9 Å². The Labute approximate surface area is 124 Å². The Hall–Kier alpha value is 0.130. The number of halogens is 2. The van der Waals surface area contributed by atoms with Crippen molar-refractivity contribution in [2.75, 3.05) is 18.1 Å². The Morgan fingerprint density at radius 2 is 2.15 bits per heavy atom. The van der Waals surface area contributed by atoms with Gasteiger partial charge in [0, 0.05) is 31.6 Å². The van der Waals surface area contributed by atoms with Crippen LogP contribution in [0, 0.1) is 5.41 Å². The molecule has 0 aromatic heterocycles. The summed E-state index contributed by atoms with van der Waals surface area (Å²) >= 11 is 1.61. The first-order chi connectivity index (χ1) is 9.39. The number of thioether (sulfide) groups is 1. The van der Waals surface area contributed by atoms with Crippen LogP contribution in [-0.2, 0) is 4.74 Å². The van der Waals surface area contributed by atoms with Crippen molar-refractivity contribution in [1.29, 1.82) is 0 Å². The third-order valence-corrected chi connectivity index (χ3v) is 5.85. The van der Waals surface area contributed by atoms with Crippen LogP contribution in [0.1, 0.15) is 51.9 Å². The van der Waals surface area contributed by atoms with Gasteiger partial charge in [-0.2, -0.15) is 11.8 Å². The molecule has 1 aliphatic carbocycles. The molecule has 2 rings (SSSR count). The summed E-state index contributed by atoms with van der Waals surface area (Å²) in [5.74, 6) is -1.16. The van der Waals surface area contributed by atoms with Gasteiger partial charge in [-0.3, -0.25) is 0 Å². The highest BCUT2D eigenvalue weighted by Gasteiger charge is 2.42. The first-order valence-corrected chi connectivity index (χ1v) is 8.79. The van der Waals surface area contributed by atoms with Gasteiger partial charge in [-0.15, -0.1) is 0 Å². The monoisotopic (exact) mass is 308 g/mol. The molecule has 0 radical (unpaired) electrons. The fourth-order valence-corrected chi connectivity index (χ4v) is 4.61. The second-order valence-corrected chi connectivity index (χ2v) is 7.77. The number of rotatable bonds is 6. The predicted octanol–water partition coefficient (Wildman–Crippen LogP) is 3.87. The molecule has 118 valence electrons. The van der Waals surface area contributed by atoms with E-state index >= 15 is 0 Å². The van der Waals surface area contributed by atoms with E-state index in [1.165, 1.54) is 0 Å². The highest BCUT2D eigenvalue weighted by atomic mass is 32.2. The first-order valence-electron chi connectivity index (χ1n) is 7.64. The maximum absolute atomic E-state index is 13.5. The zero-order valence-corrected chi connectivity index (χ0v) is 13.1. The van der Waals surface area contributed by atoms with E-state index in [-0.39, 0.29) is 30.5 Å². The molecule has 0 aromatic carbocycles. The van der Waals surface area contributed by atoms with Crippen LogP contribution < -0.4 is 0 Å². The largest absolute Gasteiger partial charge is 0.392 e. The van der Waals surface area contributed by atoms with Gasteiger partial charge in [0.1, 0.15) is 0 Å². The fraction of sp³-hybridized carbons (Fsp3) is 1.00. The molecule has 0 amide bonds. The topological polar surface area (TPSA) is 29.5 Å². The zero-order valence-electron chi connectivity index (χ0n) is 12.2. The third kappa shape index (κ3) is 5.15. The average molecular weight is 308 g/mol. The normalized spacial score (nSPS) is 35.1. The second kappa shape index (κ2) is 6.93. The molecule has 2 nitrogen and oxygen atoms in total. The molecular weight excluding hydrogens is 282 g/mol. The standard InChI is InChI=1S/C15H26F2O2S/c1-14(5-3-6-15(16,17)10-14)11-20-9-12(18)8-13-4-2-7-19-13/h12-13,18H,2-11H2,1H3. The van der Waals surface area contributed by atoms with Crippen LogP contribution in [0.25, 0.3) is 0 Å². The molecule has 1 saturated carbocycles. The van der Waals surface area contributed by atoms with Gasteiger partial charge in [0.2, 0.25) is 5.92 Å². The van der Waals surface area contributed by atoms with Crippen molar-refractivity contribution in [3.05, 3.63) is 0 Å². The Morgan fingerprint density at radius 3 is 2.80 bits per heavy atom. The number of aliphatic hydroxyl groups excluding tert-OH is 1. The molecule has 20 heavy (non-hydrogen) atoms. The molecule has 0 bridgehead atoms. The minimum absolute atomic E-state index is 0.00513. The maximum Gasteiger partial charge on any atom is 0.248 e. The van der Waals surface area contributed by atoms with E-state index in [2.05, 4.69) is 0 Å². The number of hydrogen-bond donors (Lipinski definition) is 1. The van der Waals surface area contributed by atoms with Crippen LogP contribution in [0.5, 0.6) is 0 Å². The van der Waals surface area contributed by atoms with Gasteiger partial charge in [0.25, 0.3) is 0 Å². The van der Waals surface area contributed by atoms with E-state index in [4.69, 9.17) is 4.74 Å². The number of hydrogen-bond acceptors (Lipinski definition) is 3. The number of ether oxygens (including phenoxy) is 1. The van der Waals surface area contributed by atoms with E-state index in [1.807, 2.05) is 6.92 Å². The van der Waals surface area contributed by atoms with Crippen molar-refractivity contribution >= 4 is 11.8 Å². The molecular formula is C15H26F2O2S. The van der Waals surface area contributed by atoms with Crippen molar-refractivity contribution in [3.63, 3.8) is 0 Å². The van der Waals surface area contributed by atoms with Crippen LogP contribution in [0.2, 0.25) is 0 Å². The summed E-state index contributed by atoms with van der Waals surface area (Å²) < 4.78 is 32.5. The summed E-state index contributed by atoms with van der Waals surface area (Å²) in [4.78, 5) is 0. The summed E-state index contributed by atoms with van der Waals surface area (Å²) in [7, 11) is 0. The minimum Gasteiger partial charge on any atom is -0.392 e. The predicted molar refractivity (Wildman–Crippen MR) is 78.4 cm³/mol. The van der Waals surface area contributed by atoms with Gasteiger partial charge >= 0.3 is 0 Å². The van der Waals surface area contributed by atoms with Crippen molar-refractivity contribution in [2.24, 2.45) is 5.41 Å². The van der Waals surface area contributed by atoms with E-state index in [0.717, 1.165) is 25.9 Å². The highest BCUT2D eigenvalue weighted by Crippen LogP contribution is 2.46. The van der Waals surface area contributed by atoms with Gasteiger partial charge in [0.15, 0.2) is 0 Å². The summed E-state index contributed by atoms with van der Waals surface area (Å²) in [5, 5.41) is 9.98. The maximum atomic E-state index is 13.5. The third-order valence-electron chi connectivity index (χ3n) is 4.33. The lowest BCUT2D eigenvalue weighted by Crippen LogP contribution is -2.35. The Kier molecular flexibility index (Phi) is 5.71. The van der Waals surface area contributed by atoms with Crippen molar-refractivity contribution in [2.45, 2.75) is 70.0 Å². The van der Waals surface area contributed by atoms with Crippen molar-refractivity contribution in [1.82, 2.24) is 0 Å². The smallest absolute Gasteiger partial charge is 0.248 e. The Bertz CT molecular complexity index is 308. The van der Waals surface area contributed by atoms with E-state index < -0.39 is 5.92 Å². The molecule has 2 aliphatic rings. The summed E-state index contributed by atoms with van der Waals surface area (Å²) in [6.45, 7) is 2.76.